The molecular weight excluding hydrogens is 305 g/mol. The standard InChI is InChI=1S/C12H13BrFNO3/c1-3-15(7(2)16)11(12(17)18)9-6-8(13)4-5-10(9)14/h4-6,11H,3H2,1-2H3,(H,17,18). The number of rotatable bonds is 4. The third-order valence-corrected chi connectivity index (χ3v) is 3.04. The number of aliphatic carboxylic acids is 1. The number of carboxylic acids is 1. The molecule has 4 nitrogen and oxygen atoms in total. The van der Waals surface area contributed by atoms with E-state index >= 15 is 0 Å². The van der Waals surface area contributed by atoms with Gasteiger partial charge in [-0.15, -0.1) is 0 Å². The normalized spacial score (nSPS) is 12.0. The van der Waals surface area contributed by atoms with Crippen molar-refractivity contribution in [3.63, 3.8) is 0 Å². The fraction of sp³-hybridized carbons (Fsp3) is 0.333. The number of hydrogen-bond donors (Lipinski definition) is 1. The molecule has 0 aliphatic carbocycles. The lowest BCUT2D eigenvalue weighted by molar-refractivity contribution is -0.149. The van der Waals surface area contributed by atoms with Gasteiger partial charge >= 0.3 is 5.97 Å². The van der Waals surface area contributed by atoms with Crippen LogP contribution in [0.3, 0.4) is 0 Å². The third kappa shape index (κ3) is 3.07. The Bertz CT molecular complexity index is 478. The van der Waals surface area contributed by atoms with E-state index in [0.29, 0.717) is 4.47 Å². The molecule has 0 bridgehead atoms. The molecule has 1 rings (SSSR count). The lowest BCUT2D eigenvalue weighted by atomic mass is 10.0. The van der Waals surface area contributed by atoms with Crippen molar-refractivity contribution in [2.45, 2.75) is 19.9 Å². The molecule has 1 atom stereocenters. The van der Waals surface area contributed by atoms with Crippen molar-refractivity contribution in [1.29, 1.82) is 0 Å². The van der Waals surface area contributed by atoms with Gasteiger partial charge in [-0.1, -0.05) is 15.9 Å². The lowest BCUT2D eigenvalue weighted by Gasteiger charge is -2.27. The fourth-order valence-electron chi connectivity index (χ4n) is 1.75. The van der Waals surface area contributed by atoms with Gasteiger partial charge in [0.25, 0.3) is 0 Å². The Morgan fingerprint density at radius 3 is 2.56 bits per heavy atom. The second-order valence-corrected chi connectivity index (χ2v) is 4.63. The van der Waals surface area contributed by atoms with Gasteiger partial charge in [-0.05, 0) is 25.1 Å². The first-order valence-electron chi connectivity index (χ1n) is 5.33. The van der Waals surface area contributed by atoms with Gasteiger partial charge < -0.3 is 10.0 Å². The van der Waals surface area contributed by atoms with Gasteiger partial charge in [0.1, 0.15) is 5.82 Å². The lowest BCUT2D eigenvalue weighted by Crippen LogP contribution is -2.37. The largest absolute Gasteiger partial charge is 0.479 e. The van der Waals surface area contributed by atoms with Gasteiger partial charge in [-0.25, -0.2) is 9.18 Å². The maximum absolute atomic E-state index is 13.7. The Kier molecular flexibility index (Phi) is 4.84. The van der Waals surface area contributed by atoms with Gasteiger partial charge in [0.15, 0.2) is 6.04 Å². The molecular formula is C12H13BrFNO3. The molecule has 1 N–H and O–H groups in total. The number of likely N-dealkylation sites (N-methyl/N-ethyl adjacent to an activating group) is 1. The highest BCUT2D eigenvalue weighted by Crippen LogP contribution is 2.26. The molecule has 1 aromatic rings. The van der Waals surface area contributed by atoms with E-state index in [9.17, 15) is 19.1 Å². The molecule has 0 saturated heterocycles. The Balaban J connectivity index is 3.31. The number of carbonyl (C=O) groups is 2. The van der Waals surface area contributed by atoms with Crippen molar-refractivity contribution in [2.24, 2.45) is 0 Å². The summed E-state index contributed by atoms with van der Waals surface area (Å²) >= 11 is 3.16. The van der Waals surface area contributed by atoms with Crippen LogP contribution in [-0.4, -0.2) is 28.4 Å². The monoisotopic (exact) mass is 317 g/mol. The van der Waals surface area contributed by atoms with E-state index in [1.54, 1.807) is 6.92 Å². The minimum Gasteiger partial charge on any atom is -0.479 e. The fourth-order valence-corrected chi connectivity index (χ4v) is 2.12. The molecule has 0 fully saturated rings. The molecule has 0 radical (unpaired) electrons. The van der Waals surface area contributed by atoms with Crippen LogP contribution in [0, 0.1) is 5.82 Å². The van der Waals surface area contributed by atoms with E-state index < -0.39 is 23.7 Å². The molecule has 1 unspecified atom stereocenters. The highest BCUT2D eigenvalue weighted by atomic mass is 79.9. The first-order valence-corrected chi connectivity index (χ1v) is 6.12. The van der Waals surface area contributed by atoms with Crippen LogP contribution in [0.25, 0.3) is 0 Å². The predicted octanol–water partition coefficient (Wildman–Crippen LogP) is 2.58. The van der Waals surface area contributed by atoms with Crippen LogP contribution in [0.5, 0.6) is 0 Å². The SMILES string of the molecule is CCN(C(C)=O)C(C(=O)O)c1cc(Br)ccc1F. The van der Waals surface area contributed by atoms with Crippen molar-refractivity contribution >= 4 is 27.8 Å². The van der Waals surface area contributed by atoms with Crippen LogP contribution >= 0.6 is 15.9 Å². The number of carbonyl (C=O) groups excluding carboxylic acids is 1. The van der Waals surface area contributed by atoms with Crippen LogP contribution in [0.4, 0.5) is 4.39 Å². The number of nitrogens with zero attached hydrogens (tertiary/aromatic N) is 1. The second kappa shape index (κ2) is 5.95. The molecule has 0 heterocycles. The molecule has 0 spiro atoms. The molecule has 0 aromatic heterocycles. The molecule has 1 amide bonds. The molecule has 98 valence electrons. The van der Waals surface area contributed by atoms with E-state index in [2.05, 4.69) is 15.9 Å². The highest BCUT2D eigenvalue weighted by Gasteiger charge is 2.30. The van der Waals surface area contributed by atoms with E-state index in [0.717, 1.165) is 4.90 Å². The van der Waals surface area contributed by atoms with Crippen molar-refractivity contribution in [3.05, 3.63) is 34.1 Å². The van der Waals surface area contributed by atoms with Gasteiger partial charge in [0.05, 0.1) is 0 Å². The summed E-state index contributed by atoms with van der Waals surface area (Å²) in [5.41, 5.74) is -0.0334. The van der Waals surface area contributed by atoms with E-state index in [4.69, 9.17) is 0 Å². The number of carboxylic acid groups (broad SMARTS) is 1. The zero-order valence-electron chi connectivity index (χ0n) is 9.98. The van der Waals surface area contributed by atoms with Crippen molar-refractivity contribution < 1.29 is 19.1 Å². The minimum absolute atomic E-state index is 0.0334. The van der Waals surface area contributed by atoms with Crippen LogP contribution < -0.4 is 0 Å². The summed E-state index contributed by atoms with van der Waals surface area (Å²) in [5, 5.41) is 9.22. The van der Waals surface area contributed by atoms with E-state index in [-0.39, 0.29) is 12.1 Å². The average Bonchev–Trinajstić information content (AvgIpc) is 2.28. The zero-order valence-corrected chi connectivity index (χ0v) is 11.6. The van der Waals surface area contributed by atoms with Gasteiger partial charge in [0, 0.05) is 23.5 Å². The summed E-state index contributed by atoms with van der Waals surface area (Å²) in [6.45, 7) is 3.10. The smallest absolute Gasteiger partial charge is 0.331 e. The number of benzene rings is 1. The quantitative estimate of drug-likeness (QED) is 0.928. The zero-order chi connectivity index (χ0) is 13.9. The van der Waals surface area contributed by atoms with Crippen LogP contribution in [0.1, 0.15) is 25.5 Å². The molecule has 0 aliphatic heterocycles. The summed E-state index contributed by atoms with van der Waals surface area (Å²) in [6, 6.07) is 2.70. The molecule has 6 heteroatoms. The van der Waals surface area contributed by atoms with E-state index in [1.807, 2.05) is 0 Å². The summed E-state index contributed by atoms with van der Waals surface area (Å²) in [5.74, 6) is -2.32. The summed E-state index contributed by atoms with van der Waals surface area (Å²) in [4.78, 5) is 23.8. The first-order chi connectivity index (χ1) is 8.38. The van der Waals surface area contributed by atoms with Gasteiger partial charge in [-0.2, -0.15) is 0 Å². The minimum atomic E-state index is -1.31. The van der Waals surface area contributed by atoms with Crippen molar-refractivity contribution in [3.8, 4) is 0 Å². The number of hydrogen-bond acceptors (Lipinski definition) is 2. The van der Waals surface area contributed by atoms with E-state index in [1.165, 1.54) is 25.1 Å². The van der Waals surface area contributed by atoms with Crippen molar-refractivity contribution in [2.75, 3.05) is 6.54 Å². The second-order valence-electron chi connectivity index (χ2n) is 3.71. The average molecular weight is 318 g/mol. The molecule has 0 aliphatic rings. The molecule has 0 saturated carbocycles. The third-order valence-electron chi connectivity index (χ3n) is 2.54. The van der Waals surface area contributed by atoms with Crippen LogP contribution in [0.2, 0.25) is 0 Å². The maximum atomic E-state index is 13.7. The summed E-state index contributed by atoms with van der Waals surface area (Å²) in [7, 11) is 0. The van der Waals surface area contributed by atoms with Crippen LogP contribution in [0.15, 0.2) is 22.7 Å². The number of amides is 1. The first kappa shape index (κ1) is 14.6. The Labute approximate surface area is 113 Å². The summed E-state index contributed by atoms with van der Waals surface area (Å²) in [6.07, 6.45) is 0. The molecule has 18 heavy (non-hydrogen) atoms. The Morgan fingerprint density at radius 1 is 1.50 bits per heavy atom. The topological polar surface area (TPSA) is 57.6 Å². The molecule has 1 aromatic carbocycles. The Hall–Kier alpha value is -1.43. The van der Waals surface area contributed by atoms with Crippen molar-refractivity contribution in [1.82, 2.24) is 4.90 Å². The Morgan fingerprint density at radius 2 is 2.11 bits per heavy atom. The predicted molar refractivity (Wildman–Crippen MR) is 67.5 cm³/mol. The van der Waals surface area contributed by atoms with Gasteiger partial charge in [-0.3, -0.25) is 4.79 Å². The highest BCUT2D eigenvalue weighted by molar-refractivity contribution is 9.10. The van der Waals surface area contributed by atoms with Crippen LogP contribution in [-0.2, 0) is 9.59 Å². The maximum Gasteiger partial charge on any atom is 0.331 e. The summed E-state index contributed by atoms with van der Waals surface area (Å²) < 4.78 is 14.3. The number of halogens is 2. The van der Waals surface area contributed by atoms with Gasteiger partial charge in [0.2, 0.25) is 5.91 Å².